The van der Waals surface area contributed by atoms with Gasteiger partial charge in [0.1, 0.15) is 0 Å². The smallest absolute Gasteiger partial charge is 0.235 e. The Labute approximate surface area is 90.8 Å². The summed E-state index contributed by atoms with van der Waals surface area (Å²) < 4.78 is 0. The minimum absolute atomic E-state index is 0.0696. The first-order valence-corrected chi connectivity index (χ1v) is 5.39. The molecule has 0 aromatic heterocycles. The van der Waals surface area contributed by atoms with E-state index in [4.69, 9.17) is 5.73 Å². The van der Waals surface area contributed by atoms with Crippen molar-refractivity contribution in [3.8, 4) is 0 Å². The van der Waals surface area contributed by atoms with Crippen LogP contribution in [0.2, 0.25) is 0 Å². The fraction of sp³-hybridized carbons (Fsp3) is 0.818. The van der Waals surface area contributed by atoms with Crippen LogP contribution in [0, 0.1) is 11.3 Å². The minimum Gasteiger partial charge on any atom is -0.326 e. The van der Waals surface area contributed by atoms with Crippen LogP contribution < -0.4 is 5.73 Å². The van der Waals surface area contributed by atoms with E-state index in [0.717, 1.165) is 0 Å². The van der Waals surface area contributed by atoms with Crippen molar-refractivity contribution in [2.45, 2.75) is 40.2 Å². The monoisotopic (exact) mass is 212 g/mol. The van der Waals surface area contributed by atoms with Gasteiger partial charge in [0.25, 0.3) is 0 Å². The molecular weight excluding hydrogens is 192 g/mol. The summed E-state index contributed by atoms with van der Waals surface area (Å²) in [6.07, 6.45) is 0.316. The number of nitrogens with zero attached hydrogens (tertiary/aromatic N) is 1. The summed E-state index contributed by atoms with van der Waals surface area (Å²) in [7, 11) is 0. The SMILES string of the molecule is CC(N)CN1C(=O)CC(C)(C(C)C)C1=O. The molecule has 0 aromatic rings. The van der Waals surface area contributed by atoms with E-state index in [2.05, 4.69) is 0 Å². The van der Waals surface area contributed by atoms with Crippen LogP contribution in [0.25, 0.3) is 0 Å². The molecule has 1 aliphatic rings. The quantitative estimate of drug-likeness (QED) is 0.702. The average molecular weight is 212 g/mol. The Morgan fingerprint density at radius 1 is 1.40 bits per heavy atom. The van der Waals surface area contributed by atoms with Gasteiger partial charge in [-0.2, -0.15) is 0 Å². The molecule has 15 heavy (non-hydrogen) atoms. The van der Waals surface area contributed by atoms with E-state index in [-0.39, 0.29) is 23.8 Å². The Morgan fingerprint density at radius 2 is 1.93 bits per heavy atom. The summed E-state index contributed by atoms with van der Waals surface area (Å²) in [5.74, 6) is 0.0142. The number of likely N-dealkylation sites (tertiary alicyclic amines) is 1. The van der Waals surface area contributed by atoms with Crippen molar-refractivity contribution in [3.63, 3.8) is 0 Å². The maximum Gasteiger partial charge on any atom is 0.235 e. The maximum atomic E-state index is 12.1. The van der Waals surface area contributed by atoms with Crippen LogP contribution in [0.3, 0.4) is 0 Å². The first-order valence-electron chi connectivity index (χ1n) is 5.39. The molecule has 0 aliphatic carbocycles. The number of amides is 2. The van der Waals surface area contributed by atoms with Gasteiger partial charge < -0.3 is 5.73 Å². The lowest BCUT2D eigenvalue weighted by Gasteiger charge is -2.26. The van der Waals surface area contributed by atoms with Gasteiger partial charge in [0.15, 0.2) is 0 Å². The number of carbonyl (C=O) groups excluding carboxylic acids is 2. The average Bonchev–Trinajstić information content (AvgIpc) is 2.30. The molecule has 0 bridgehead atoms. The molecule has 2 unspecified atom stereocenters. The van der Waals surface area contributed by atoms with Crippen LogP contribution in [0.15, 0.2) is 0 Å². The third-order valence-electron chi connectivity index (χ3n) is 3.30. The number of carbonyl (C=O) groups is 2. The van der Waals surface area contributed by atoms with Gasteiger partial charge in [-0.15, -0.1) is 0 Å². The normalized spacial score (nSPS) is 29.1. The second kappa shape index (κ2) is 3.93. The maximum absolute atomic E-state index is 12.1. The number of nitrogens with two attached hydrogens (primary N) is 1. The van der Waals surface area contributed by atoms with Crippen molar-refractivity contribution in [3.05, 3.63) is 0 Å². The van der Waals surface area contributed by atoms with Crippen molar-refractivity contribution in [1.82, 2.24) is 4.90 Å². The molecule has 1 rings (SSSR count). The van der Waals surface area contributed by atoms with Gasteiger partial charge in [-0.25, -0.2) is 0 Å². The molecular formula is C11H20N2O2. The van der Waals surface area contributed by atoms with Crippen LogP contribution in [0.5, 0.6) is 0 Å². The topological polar surface area (TPSA) is 63.4 Å². The molecule has 86 valence electrons. The van der Waals surface area contributed by atoms with E-state index in [1.54, 1.807) is 6.92 Å². The molecule has 2 amide bonds. The molecule has 0 radical (unpaired) electrons. The number of rotatable bonds is 3. The lowest BCUT2D eigenvalue weighted by molar-refractivity contribution is -0.142. The molecule has 4 nitrogen and oxygen atoms in total. The van der Waals surface area contributed by atoms with E-state index >= 15 is 0 Å². The highest BCUT2D eigenvalue weighted by Crippen LogP contribution is 2.39. The highest BCUT2D eigenvalue weighted by molar-refractivity contribution is 6.05. The Morgan fingerprint density at radius 3 is 2.27 bits per heavy atom. The summed E-state index contributed by atoms with van der Waals surface area (Å²) in [5, 5.41) is 0. The van der Waals surface area contributed by atoms with Crippen molar-refractivity contribution >= 4 is 11.8 Å². The summed E-state index contributed by atoms with van der Waals surface area (Å²) in [5.41, 5.74) is 5.08. The van der Waals surface area contributed by atoms with E-state index in [1.165, 1.54) is 4.90 Å². The van der Waals surface area contributed by atoms with Crippen LogP contribution in [-0.2, 0) is 9.59 Å². The standard InChI is InChI=1S/C11H20N2O2/c1-7(2)11(4)5-9(14)13(10(11)15)6-8(3)12/h7-8H,5-6,12H2,1-4H3. The molecule has 0 spiro atoms. The molecule has 1 saturated heterocycles. The molecule has 0 aromatic carbocycles. The lowest BCUT2D eigenvalue weighted by Crippen LogP contribution is -2.42. The summed E-state index contributed by atoms with van der Waals surface area (Å²) in [6, 6.07) is -0.160. The summed E-state index contributed by atoms with van der Waals surface area (Å²) in [6.45, 7) is 7.94. The second-order valence-corrected chi connectivity index (χ2v) is 5.04. The lowest BCUT2D eigenvalue weighted by atomic mass is 9.78. The minimum atomic E-state index is -0.536. The predicted octanol–water partition coefficient (Wildman–Crippen LogP) is 0.755. The van der Waals surface area contributed by atoms with Crippen LogP contribution in [0.1, 0.15) is 34.1 Å². The van der Waals surface area contributed by atoms with E-state index in [1.807, 2.05) is 20.8 Å². The van der Waals surface area contributed by atoms with Crippen molar-refractivity contribution in [2.24, 2.45) is 17.1 Å². The van der Waals surface area contributed by atoms with Crippen molar-refractivity contribution in [1.29, 1.82) is 0 Å². The zero-order chi connectivity index (χ0) is 11.8. The van der Waals surface area contributed by atoms with Gasteiger partial charge in [-0.1, -0.05) is 13.8 Å². The highest BCUT2D eigenvalue weighted by Gasteiger charge is 2.49. The Hall–Kier alpha value is -0.900. The largest absolute Gasteiger partial charge is 0.326 e. The first kappa shape index (κ1) is 12.2. The third-order valence-corrected chi connectivity index (χ3v) is 3.30. The summed E-state index contributed by atoms with van der Waals surface area (Å²) in [4.78, 5) is 25.1. The van der Waals surface area contributed by atoms with Gasteiger partial charge in [0, 0.05) is 19.0 Å². The predicted molar refractivity (Wildman–Crippen MR) is 57.9 cm³/mol. The molecule has 1 heterocycles. The fourth-order valence-electron chi connectivity index (χ4n) is 1.83. The van der Waals surface area contributed by atoms with Gasteiger partial charge in [-0.05, 0) is 19.8 Å². The number of hydrogen-bond donors (Lipinski definition) is 1. The Bertz CT molecular complexity index is 286. The molecule has 2 atom stereocenters. The van der Waals surface area contributed by atoms with Gasteiger partial charge >= 0.3 is 0 Å². The zero-order valence-corrected chi connectivity index (χ0v) is 9.91. The Kier molecular flexibility index (Phi) is 3.19. The molecule has 4 heteroatoms. The Balaban J connectivity index is 2.88. The van der Waals surface area contributed by atoms with Crippen LogP contribution >= 0.6 is 0 Å². The van der Waals surface area contributed by atoms with Crippen LogP contribution in [-0.4, -0.2) is 29.3 Å². The van der Waals surface area contributed by atoms with E-state index in [0.29, 0.717) is 13.0 Å². The molecule has 1 aliphatic heterocycles. The molecule has 0 saturated carbocycles. The third kappa shape index (κ3) is 2.04. The first-order chi connectivity index (χ1) is 6.79. The highest BCUT2D eigenvalue weighted by atomic mass is 16.2. The van der Waals surface area contributed by atoms with Crippen LogP contribution in [0.4, 0.5) is 0 Å². The van der Waals surface area contributed by atoms with Gasteiger partial charge in [0.05, 0.1) is 5.41 Å². The van der Waals surface area contributed by atoms with Gasteiger partial charge in [-0.3, -0.25) is 14.5 Å². The fourth-order valence-corrected chi connectivity index (χ4v) is 1.83. The van der Waals surface area contributed by atoms with Crippen molar-refractivity contribution in [2.75, 3.05) is 6.54 Å². The molecule has 1 fully saturated rings. The van der Waals surface area contributed by atoms with Crippen molar-refractivity contribution < 1.29 is 9.59 Å². The zero-order valence-electron chi connectivity index (χ0n) is 9.91. The second-order valence-electron chi connectivity index (χ2n) is 5.04. The van der Waals surface area contributed by atoms with Gasteiger partial charge in [0.2, 0.25) is 11.8 Å². The van der Waals surface area contributed by atoms with E-state index in [9.17, 15) is 9.59 Å². The summed E-state index contributed by atoms with van der Waals surface area (Å²) >= 11 is 0. The van der Waals surface area contributed by atoms with E-state index < -0.39 is 5.41 Å². The molecule has 2 N–H and O–H groups in total. The number of hydrogen-bond acceptors (Lipinski definition) is 3. The number of imide groups is 1.